The molecule has 2 atom stereocenters. The Morgan fingerprint density at radius 2 is 1.67 bits per heavy atom. The van der Waals surface area contributed by atoms with E-state index in [0.29, 0.717) is 18.0 Å². The zero-order chi connectivity index (χ0) is 14.2. The van der Waals surface area contributed by atoms with Gasteiger partial charge in [-0.2, -0.15) is 0 Å². The molecule has 0 radical (unpaired) electrons. The largest absolute Gasteiger partial charge is 0.381 e. The fourth-order valence-electron chi connectivity index (χ4n) is 4.54. The first-order chi connectivity index (χ1) is 10.3. The van der Waals surface area contributed by atoms with Crippen molar-refractivity contribution in [2.24, 2.45) is 11.8 Å². The summed E-state index contributed by atoms with van der Waals surface area (Å²) in [5.74, 6) is 2.06. The first-order valence-electron chi connectivity index (χ1n) is 8.92. The van der Waals surface area contributed by atoms with E-state index < -0.39 is 0 Å². The standard InChI is InChI=1S/C17H28N2O2/c20-17-4-3-15-16(19(17)12-13-1-2-13)5-8-18(15)11-14-6-9-21-10-7-14/h13-16H,1-12H2/t15-,16-/m1/s1. The van der Waals surface area contributed by atoms with Crippen LogP contribution in [0, 0.1) is 11.8 Å². The highest BCUT2D eigenvalue weighted by Crippen LogP contribution is 2.37. The minimum Gasteiger partial charge on any atom is -0.381 e. The smallest absolute Gasteiger partial charge is 0.222 e. The van der Waals surface area contributed by atoms with Crippen molar-refractivity contribution in [2.75, 3.05) is 32.8 Å². The van der Waals surface area contributed by atoms with Crippen LogP contribution in [-0.4, -0.2) is 60.6 Å². The Hall–Kier alpha value is -0.610. The maximum absolute atomic E-state index is 12.3. The van der Waals surface area contributed by atoms with Gasteiger partial charge >= 0.3 is 0 Å². The first kappa shape index (κ1) is 14.0. The molecule has 4 nitrogen and oxygen atoms in total. The summed E-state index contributed by atoms with van der Waals surface area (Å²) >= 11 is 0. The number of hydrogen-bond donors (Lipinski definition) is 0. The topological polar surface area (TPSA) is 32.8 Å². The number of amides is 1. The molecule has 21 heavy (non-hydrogen) atoms. The predicted molar refractivity (Wildman–Crippen MR) is 81.0 cm³/mol. The summed E-state index contributed by atoms with van der Waals surface area (Å²) in [6.45, 7) is 5.36. The van der Waals surface area contributed by atoms with Crippen LogP contribution in [0.1, 0.15) is 44.9 Å². The third kappa shape index (κ3) is 2.98. The van der Waals surface area contributed by atoms with Crippen molar-refractivity contribution in [3.63, 3.8) is 0 Å². The summed E-state index contributed by atoms with van der Waals surface area (Å²) in [5.41, 5.74) is 0. The molecule has 3 heterocycles. The molecule has 0 bridgehead atoms. The third-order valence-corrected chi connectivity index (χ3v) is 5.99. The Morgan fingerprint density at radius 3 is 2.43 bits per heavy atom. The van der Waals surface area contributed by atoms with E-state index in [2.05, 4.69) is 9.80 Å². The van der Waals surface area contributed by atoms with Gasteiger partial charge in [0.05, 0.1) is 0 Å². The van der Waals surface area contributed by atoms with Gasteiger partial charge in [-0.05, 0) is 50.4 Å². The molecule has 3 aliphatic heterocycles. The average molecular weight is 292 g/mol. The van der Waals surface area contributed by atoms with Crippen LogP contribution in [-0.2, 0) is 9.53 Å². The molecule has 1 amide bonds. The maximum atomic E-state index is 12.3. The van der Waals surface area contributed by atoms with Crippen LogP contribution in [0.5, 0.6) is 0 Å². The summed E-state index contributed by atoms with van der Waals surface area (Å²) in [4.78, 5) is 17.2. The van der Waals surface area contributed by atoms with Crippen molar-refractivity contribution in [3.8, 4) is 0 Å². The SMILES string of the molecule is O=C1CC[C@@H]2[C@@H](CCN2CC2CCOCC2)N1CC1CC1. The van der Waals surface area contributed by atoms with E-state index in [-0.39, 0.29) is 0 Å². The Kier molecular flexibility index (Phi) is 3.92. The summed E-state index contributed by atoms with van der Waals surface area (Å²) in [6, 6.07) is 1.16. The lowest BCUT2D eigenvalue weighted by Crippen LogP contribution is -2.53. The molecule has 0 aromatic heterocycles. The monoisotopic (exact) mass is 292 g/mol. The quantitative estimate of drug-likeness (QED) is 0.793. The van der Waals surface area contributed by atoms with Crippen molar-refractivity contribution in [2.45, 2.75) is 57.0 Å². The van der Waals surface area contributed by atoms with E-state index in [1.807, 2.05) is 0 Å². The number of hydrogen-bond acceptors (Lipinski definition) is 3. The number of rotatable bonds is 4. The van der Waals surface area contributed by atoms with E-state index in [1.54, 1.807) is 0 Å². The van der Waals surface area contributed by atoms with Crippen molar-refractivity contribution >= 4 is 5.91 Å². The summed E-state index contributed by atoms with van der Waals surface area (Å²) in [6.07, 6.45) is 8.19. The fraction of sp³-hybridized carbons (Fsp3) is 0.941. The molecule has 3 saturated heterocycles. The van der Waals surface area contributed by atoms with Gasteiger partial charge in [0.25, 0.3) is 0 Å². The Morgan fingerprint density at radius 1 is 0.905 bits per heavy atom. The number of fused-ring (bicyclic) bond motifs is 1. The van der Waals surface area contributed by atoms with Crippen LogP contribution in [0.2, 0.25) is 0 Å². The molecule has 0 spiro atoms. The van der Waals surface area contributed by atoms with Gasteiger partial charge in [-0.15, -0.1) is 0 Å². The predicted octanol–water partition coefficient (Wildman–Crippen LogP) is 1.89. The summed E-state index contributed by atoms with van der Waals surface area (Å²) in [5, 5.41) is 0. The number of piperidine rings is 1. The van der Waals surface area contributed by atoms with Crippen LogP contribution in [0.25, 0.3) is 0 Å². The molecule has 1 saturated carbocycles. The second kappa shape index (κ2) is 5.88. The van der Waals surface area contributed by atoms with E-state index in [1.165, 1.54) is 45.2 Å². The molecule has 4 fully saturated rings. The van der Waals surface area contributed by atoms with Gasteiger partial charge in [0, 0.05) is 51.4 Å². The molecule has 4 heteroatoms. The number of carbonyl (C=O) groups excluding carboxylic acids is 1. The van der Waals surface area contributed by atoms with E-state index >= 15 is 0 Å². The summed E-state index contributed by atoms with van der Waals surface area (Å²) < 4.78 is 5.48. The molecule has 118 valence electrons. The van der Waals surface area contributed by atoms with E-state index in [9.17, 15) is 4.79 Å². The molecule has 0 aromatic rings. The van der Waals surface area contributed by atoms with Crippen LogP contribution < -0.4 is 0 Å². The second-order valence-electron chi connectivity index (χ2n) is 7.50. The van der Waals surface area contributed by atoms with Gasteiger partial charge in [0.1, 0.15) is 0 Å². The van der Waals surface area contributed by atoms with E-state index in [4.69, 9.17) is 4.74 Å². The van der Waals surface area contributed by atoms with Crippen LogP contribution in [0.4, 0.5) is 0 Å². The lowest BCUT2D eigenvalue weighted by atomic mass is 9.94. The third-order valence-electron chi connectivity index (χ3n) is 5.99. The molecule has 4 aliphatic rings. The second-order valence-corrected chi connectivity index (χ2v) is 7.50. The number of nitrogens with zero attached hydrogens (tertiary/aromatic N) is 2. The molecule has 4 rings (SSSR count). The zero-order valence-corrected chi connectivity index (χ0v) is 13.0. The Balaban J connectivity index is 1.39. The molecule has 0 unspecified atom stereocenters. The number of likely N-dealkylation sites (tertiary alicyclic amines) is 2. The van der Waals surface area contributed by atoms with Gasteiger partial charge < -0.3 is 9.64 Å². The molecular weight excluding hydrogens is 264 g/mol. The van der Waals surface area contributed by atoms with Gasteiger partial charge in [0.2, 0.25) is 5.91 Å². The molecule has 0 aromatic carbocycles. The average Bonchev–Trinajstić information content (AvgIpc) is 3.24. The van der Waals surface area contributed by atoms with Crippen molar-refractivity contribution < 1.29 is 9.53 Å². The van der Waals surface area contributed by atoms with Crippen molar-refractivity contribution in [1.82, 2.24) is 9.80 Å². The minimum atomic E-state index is 0.427. The van der Waals surface area contributed by atoms with Crippen molar-refractivity contribution in [1.29, 1.82) is 0 Å². The van der Waals surface area contributed by atoms with Gasteiger partial charge in [-0.25, -0.2) is 0 Å². The molecular formula is C17H28N2O2. The zero-order valence-electron chi connectivity index (χ0n) is 13.0. The highest BCUT2D eigenvalue weighted by atomic mass is 16.5. The van der Waals surface area contributed by atoms with Crippen LogP contribution >= 0.6 is 0 Å². The minimum absolute atomic E-state index is 0.427. The van der Waals surface area contributed by atoms with Gasteiger partial charge in [-0.3, -0.25) is 9.69 Å². The number of ether oxygens (including phenoxy) is 1. The highest BCUT2D eigenvalue weighted by Gasteiger charge is 2.44. The summed E-state index contributed by atoms with van der Waals surface area (Å²) in [7, 11) is 0. The van der Waals surface area contributed by atoms with Gasteiger partial charge in [0.15, 0.2) is 0 Å². The van der Waals surface area contributed by atoms with Crippen LogP contribution in [0.15, 0.2) is 0 Å². The number of carbonyl (C=O) groups is 1. The van der Waals surface area contributed by atoms with Gasteiger partial charge in [-0.1, -0.05) is 0 Å². The molecule has 0 N–H and O–H groups in total. The lowest BCUT2D eigenvalue weighted by molar-refractivity contribution is -0.138. The van der Waals surface area contributed by atoms with Crippen molar-refractivity contribution in [3.05, 3.63) is 0 Å². The van der Waals surface area contributed by atoms with Crippen LogP contribution in [0.3, 0.4) is 0 Å². The Bertz CT molecular complexity index is 390. The first-order valence-corrected chi connectivity index (χ1v) is 8.92. The normalized spacial score (nSPS) is 35.2. The van der Waals surface area contributed by atoms with E-state index in [0.717, 1.165) is 44.4 Å². The Labute approximate surface area is 127 Å². The fourth-order valence-corrected chi connectivity index (χ4v) is 4.54. The highest BCUT2D eigenvalue weighted by molar-refractivity contribution is 5.77. The lowest BCUT2D eigenvalue weighted by Gasteiger charge is -2.41. The maximum Gasteiger partial charge on any atom is 0.222 e. The molecule has 1 aliphatic carbocycles.